The van der Waals surface area contributed by atoms with Gasteiger partial charge in [0.05, 0.1) is 0 Å². The second kappa shape index (κ2) is 7.94. The lowest BCUT2D eigenvalue weighted by Gasteiger charge is -2.32. The minimum atomic E-state index is -3.35. The van der Waals surface area contributed by atoms with Gasteiger partial charge in [-0.2, -0.15) is 17.0 Å². The number of rotatable bonds is 6. The van der Waals surface area contributed by atoms with E-state index in [2.05, 4.69) is 5.32 Å². The molecule has 1 aromatic carbocycles. The Kier molecular flexibility index (Phi) is 5.84. The molecule has 1 saturated heterocycles. The van der Waals surface area contributed by atoms with Crippen LogP contribution in [-0.4, -0.2) is 62.3 Å². The molecule has 1 aliphatic heterocycles. The van der Waals surface area contributed by atoms with Gasteiger partial charge in [0.15, 0.2) is 0 Å². The van der Waals surface area contributed by atoms with Crippen LogP contribution in [-0.2, 0) is 10.2 Å². The lowest BCUT2D eigenvalue weighted by molar-refractivity contribution is 0.0917. The van der Waals surface area contributed by atoms with Crippen LogP contribution in [0.4, 0.5) is 0 Å². The SMILES string of the molecule is CN(C)S(=O)(=O)N1CCC(Oc2ccc(C(=O)NC3CCC3)cc2)CC1. The van der Waals surface area contributed by atoms with Crippen molar-refractivity contribution in [3.8, 4) is 5.75 Å². The number of hydrogen-bond donors (Lipinski definition) is 1. The third-order valence-corrected chi connectivity index (χ3v) is 6.99. The van der Waals surface area contributed by atoms with Crippen molar-refractivity contribution in [3.05, 3.63) is 29.8 Å². The van der Waals surface area contributed by atoms with Gasteiger partial charge in [0, 0.05) is 38.8 Å². The first-order chi connectivity index (χ1) is 12.4. The summed E-state index contributed by atoms with van der Waals surface area (Å²) in [6.07, 6.45) is 4.60. The predicted molar refractivity (Wildman–Crippen MR) is 99.4 cm³/mol. The van der Waals surface area contributed by atoms with Crippen LogP contribution < -0.4 is 10.1 Å². The Bertz CT molecular complexity index is 721. The van der Waals surface area contributed by atoms with Gasteiger partial charge >= 0.3 is 0 Å². The van der Waals surface area contributed by atoms with Crippen LogP contribution in [0.15, 0.2) is 24.3 Å². The number of piperidine rings is 1. The van der Waals surface area contributed by atoms with Gasteiger partial charge in [0.1, 0.15) is 11.9 Å². The summed E-state index contributed by atoms with van der Waals surface area (Å²) < 4.78 is 32.9. The molecule has 8 heteroatoms. The number of amides is 1. The molecule has 2 aliphatic rings. The van der Waals surface area contributed by atoms with Crippen LogP contribution >= 0.6 is 0 Å². The van der Waals surface area contributed by atoms with E-state index in [0.717, 1.165) is 12.8 Å². The fourth-order valence-corrected chi connectivity index (χ4v) is 4.24. The van der Waals surface area contributed by atoms with Crippen LogP contribution in [0.5, 0.6) is 5.75 Å². The quantitative estimate of drug-likeness (QED) is 0.812. The van der Waals surface area contributed by atoms with Crippen LogP contribution in [0.3, 0.4) is 0 Å². The number of ether oxygens (including phenoxy) is 1. The highest BCUT2D eigenvalue weighted by molar-refractivity contribution is 7.86. The topological polar surface area (TPSA) is 79.0 Å². The van der Waals surface area contributed by atoms with E-state index >= 15 is 0 Å². The van der Waals surface area contributed by atoms with Crippen LogP contribution in [0.25, 0.3) is 0 Å². The smallest absolute Gasteiger partial charge is 0.281 e. The minimum absolute atomic E-state index is 0.0155. The Morgan fingerprint density at radius 2 is 1.73 bits per heavy atom. The van der Waals surface area contributed by atoms with Crippen molar-refractivity contribution in [2.45, 2.75) is 44.2 Å². The molecule has 1 amide bonds. The van der Waals surface area contributed by atoms with Crippen molar-refractivity contribution in [1.29, 1.82) is 0 Å². The predicted octanol–water partition coefficient (Wildman–Crippen LogP) is 1.62. The molecule has 144 valence electrons. The summed E-state index contributed by atoms with van der Waals surface area (Å²) in [5.74, 6) is 0.669. The summed E-state index contributed by atoms with van der Waals surface area (Å²) in [6.45, 7) is 0.903. The van der Waals surface area contributed by atoms with Gasteiger partial charge in [0.25, 0.3) is 16.1 Å². The van der Waals surface area contributed by atoms with Gasteiger partial charge in [0.2, 0.25) is 0 Å². The highest BCUT2D eigenvalue weighted by Crippen LogP contribution is 2.22. The molecule has 2 fully saturated rings. The summed E-state index contributed by atoms with van der Waals surface area (Å²) >= 11 is 0. The monoisotopic (exact) mass is 381 g/mol. The Morgan fingerprint density at radius 3 is 2.23 bits per heavy atom. The fraction of sp³-hybridized carbons (Fsp3) is 0.611. The number of benzene rings is 1. The number of nitrogens with zero attached hydrogens (tertiary/aromatic N) is 2. The molecule has 1 aliphatic carbocycles. The van der Waals surface area contributed by atoms with Crippen molar-refractivity contribution < 1.29 is 17.9 Å². The molecule has 3 rings (SSSR count). The highest BCUT2D eigenvalue weighted by atomic mass is 32.2. The second-order valence-corrected chi connectivity index (χ2v) is 9.27. The maximum absolute atomic E-state index is 12.1. The Morgan fingerprint density at radius 1 is 1.12 bits per heavy atom. The number of nitrogens with one attached hydrogen (secondary N) is 1. The fourth-order valence-electron chi connectivity index (χ4n) is 3.11. The van der Waals surface area contributed by atoms with E-state index in [1.807, 2.05) is 0 Å². The van der Waals surface area contributed by atoms with Gasteiger partial charge in [-0.15, -0.1) is 0 Å². The van der Waals surface area contributed by atoms with Crippen LogP contribution in [0.1, 0.15) is 42.5 Å². The number of carbonyl (C=O) groups is 1. The van der Waals surface area contributed by atoms with Crippen molar-refractivity contribution >= 4 is 16.1 Å². The van der Waals surface area contributed by atoms with Crippen LogP contribution in [0.2, 0.25) is 0 Å². The Balaban J connectivity index is 1.50. The third-order valence-electron chi connectivity index (χ3n) is 5.05. The molecule has 1 heterocycles. The van der Waals surface area contributed by atoms with Crippen molar-refractivity contribution in [1.82, 2.24) is 13.9 Å². The first kappa shape index (κ1) is 19.1. The lowest BCUT2D eigenvalue weighted by Crippen LogP contribution is -2.46. The Hall–Kier alpha value is -1.64. The third kappa shape index (κ3) is 4.36. The maximum atomic E-state index is 12.1. The highest BCUT2D eigenvalue weighted by Gasteiger charge is 2.30. The van der Waals surface area contributed by atoms with E-state index in [9.17, 15) is 13.2 Å². The largest absolute Gasteiger partial charge is 0.490 e. The summed E-state index contributed by atoms with van der Waals surface area (Å²) in [7, 11) is -0.268. The summed E-state index contributed by atoms with van der Waals surface area (Å²) in [5, 5.41) is 3.02. The van der Waals surface area contributed by atoms with Crippen LogP contribution in [0, 0.1) is 0 Å². The van der Waals surface area contributed by atoms with E-state index in [1.54, 1.807) is 38.4 Å². The molecule has 0 atom stereocenters. The molecular weight excluding hydrogens is 354 g/mol. The standard InChI is InChI=1S/C18H27N3O4S/c1-20(2)26(23,24)21-12-10-17(11-13-21)25-16-8-6-14(7-9-16)18(22)19-15-4-3-5-15/h6-9,15,17H,3-5,10-13H2,1-2H3,(H,19,22). The van der Waals surface area contributed by atoms with Crippen molar-refractivity contribution in [2.24, 2.45) is 0 Å². The van der Waals surface area contributed by atoms with E-state index in [0.29, 0.717) is 43.3 Å². The average molecular weight is 381 g/mol. The number of carbonyl (C=O) groups excluding carboxylic acids is 1. The lowest BCUT2D eigenvalue weighted by atomic mass is 9.93. The van der Waals surface area contributed by atoms with Gasteiger partial charge in [-0.25, -0.2) is 0 Å². The first-order valence-corrected chi connectivity index (χ1v) is 10.5. The van der Waals surface area contributed by atoms with Gasteiger partial charge in [-0.3, -0.25) is 4.79 Å². The number of hydrogen-bond acceptors (Lipinski definition) is 4. The molecular formula is C18H27N3O4S. The summed E-state index contributed by atoms with van der Waals surface area (Å²) in [4.78, 5) is 12.1. The zero-order valence-electron chi connectivity index (χ0n) is 15.3. The van der Waals surface area contributed by atoms with Crippen molar-refractivity contribution in [3.63, 3.8) is 0 Å². The summed E-state index contributed by atoms with van der Waals surface area (Å²) in [6, 6.07) is 7.48. The molecule has 0 unspecified atom stereocenters. The molecule has 1 aromatic rings. The van der Waals surface area contributed by atoms with Gasteiger partial charge in [-0.1, -0.05) is 0 Å². The molecule has 0 spiro atoms. The minimum Gasteiger partial charge on any atom is -0.490 e. The normalized spacial score (nSPS) is 20.0. The molecule has 1 N–H and O–H groups in total. The molecule has 0 bridgehead atoms. The van der Waals surface area contributed by atoms with Gasteiger partial charge in [-0.05, 0) is 56.4 Å². The van der Waals surface area contributed by atoms with E-state index < -0.39 is 10.2 Å². The van der Waals surface area contributed by atoms with Crippen molar-refractivity contribution in [2.75, 3.05) is 27.2 Å². The average Bonchev–Trinajstić information content (AvgIpc) is 2.59. The maximum Gasteiger partial charge on any atom is 0.281 e. The van der Waals surface area contributed by atoms with E-state index in [-0.39, 0.29) is 12.0 Å². The molecule has 0 radical (unpaired) electrons. The molecule has 26 heavy (non-hydrogen) atoms. The molecule has 1 saturated carbocycles. The van der Waals surface area contributed by atoms with Gasteiger partial charge < -0.3 is 10.1 Å². The molecule has 0 aromatic heterocycles. The summed E-state index contributed by atoms with van der Waals surface area (Å²) in [5.41, 5.74) is 0.635. The van der Waals surface area contributed by atoms with E-state index in [4.69, 9.17) is 4.74 Å². The second-order valence-electron chi connectivity index (χ2n) is 7.13. The first-order valence-electron chi connectivity index (χ1n) is 9.11. The zero-order valence-corrected chi connectivity index (χ0v) is 16.2. The van der Waals surface area contributed by atoms with E-state index in [1.165, 1.54) is 15.0 Å². The Labute approximate surface area is 155 Å². The zero-order chi connectivity index (χ0) is 18.7. The molecule has 7 nitrogen and oxygen atoms in total.